The van der Waals surface area contributed by atoms with Crippen molar-refractivity contribution in [3.05, 3.63) is 30.1 Å². The average molecular weight is 373 g/mol. The molecule has 2 bridgehead atoms. The molecular weight excluding hydrogens is 352 g/mol. The third-order valence-corrected chi connectivity index (χ3v) is 7.48. The van der Waals surface area contributed by atoms with E-state index in [2.05, 4.69) is 4.98 Å². The summed E-state index contributed by atoms with van der Waals surface area (Å²) in [6.07, 6.45) is 7.00. The maximum atomic E-state index is 12.7. The van der Waals surface area contributed by atoms with Gasteiger partial charge in [0.15, 0.2) is 0 Å². The molecule has 3 saturated heterocycles. The molecule has 0 radical (unpaired) electrons. The van der Waals surface area contributed by atoms with Gasteiger partial charge in [0.25, 0.3) is 0 Å². The molecular formula is C16H21ClN2O4S. The van der Waals surface area contributed by atoms with E-state index in [1.54, 1.807) is 12.4 Å². The molecule has 3 aliphatic rings. The lowest BCUT2D eigenvalue weighted by molar-refractivity contribution is -0.130. The van der Waals surface area contributed by atoms with Gasteiger partial charge >= 0.3 is 0 Å². The van der Waals surface area contributed by atoms with Crippen molar-refractivity contribution in [3.63, 3.8) is 0 Å². The van der Waals surface area contributed by atoms with Crippen LogP contribution < -0.4 is 0 Å². The van der Waals surface area contributed by atoms with E-state index in [0.717, 1.165) is 30.0 Å². The van der Waals surface area contributed by atoms with Gasteiger partial charge in [-0.2, -0.15) is 0 Å². The summed E-state index contributed by atoms with van der Waals surface area (Å²) in [6, 6.07) is 3.91. The van der Waals surface area contributed by atoms with Gasteiger partial charge < -0.3 is 4.74 Å². The van der Waals surface area contributed by atoms with Crippen LogP contribution in [0, 0.1) is 5.92 Å². The van der Waals surface area contributed by atoms with Gasteiger partial charge in [0.05, 0.1) is 18.1 Å². The van der Waals surface area contributed by atoms with E-state index in [1.165, 1.54) is 5.56 Å². The molecule has 8 heteroatoms. The first kappa shape index (κ1) is 17.6. The number of unbranched alkanes of at least 4 members (excludes halogenated alkanes) is 1. The van der Waals surface area contributed by atoms with Crippen molar-refractivity contribution in [2.45, 2.75) is 49.6 Å². The summed E-state index contributed by atoms with van der Waals surface area (Å²) in [5, 5.41) is -0.631. The smallest absolute Gasteiger partial charge is 0.243 e. The largest absolute Gasteiger partial charge is 0.373 e. The summed E-state index contributed by atoms with van der Waals surface area (Å²) in [5.41, 5.74) is 1.18. The molecule has 0 spiro atoms. The number of aryl methyl sites for hydroxylation is 1. The number of amides is 1. The SMILES string of the molecule is Cl.O=C1[C@H]2C3CCC(O3)[C@H]2S(=O)(=O)N1CCCCc1ccncc1. The molecule has 24 heavy (non-hydrogen) atoms. The van der Waals surface area contributed by atoms with E-state index >= 15 is 0 Å². The second-order valence-electron chi connectivity index (χ2n) is 6.55. The Balaban J connectivity index is 0.00000169. The van der Waals surface area contributed by atoms with Crippen molar-refractivity contribution in [1.82, 2.24) is 9.29 Å². The summed E-state index contributed by atoms with van der Waals surface area (Å²) in [6.45, 7) is 0.290. The van der Waals surface area contributed by atoms with Gasteiger partial charge in [-0.25, -0.2) is 12.7 Å². The molecule has 4 heterocycles. The molecule has 1 aromatic heterocycles. The van der Waals surface area contributed by atoms with Gasteiger partial charge in [-0.1, -0.05) is 0 Å². The lowest BCUT2D eigenvalue weighted by atomic mass is 9.88. The highest BCUT2D eigenvalue weighted by molar-refractivity contribution is 7.90. The summed E-state index contributed by atoms with van der Waals surface area (Å²) in [7, 11) is -3.54. The van der Waals surface area contributed by atoms with Crippen LogP contribution in [0.5, 0.6) is 0 Å². The maximum absolute atomic E-state index is 12.7. The molecule has 1 amide bonds. The maximum Gasteiger partial charge on any atom is 0.243 e. The Labute approximate surface area is 148 Å². The fraction of sp³-hybridized carbons (Fsp3) is 0.625. The highest BCUT2D eigenvalue weighted by Gasteiger charge is 2.65. The number of hydrogen-bond donors (Lipinski definition) is 0. The Bertz CT molecular complexity index is 712. The minimum atomic E-state index is -3.54. The minimum Gasteiger partial charge on any atom is -0.373 e. The predicted molar refractivity (Wildman–Crippen MR) is 90.2 cm³/mol. The molecule has 3 aliphatic heterocycles. The van der Waals surface area contributed by atoms with Gasteiger partial charge in [0, 0.05) is 18.9 Å². The Hall–Kier alpha value is -1.18. The summed E-state index contributed by atoms with van der Waals surface area (Å²) in [5.74, 6) is -0.704. The summed E-state index contributed by atoms with van der Waals surface area (Å²) < 4.78 is 32.1. The number of fused-ring (bicyclic) bond motifs is 5. The highest BCUT2D eigenvalue weighted by Crippen LogP contribution is 2.48. The monoisotopic (exact) mass is 372 g/mol. The van der Waals surface area contributed by atoms with Crippen LogP contribution in [0.15, 0.2) is 24.5 Å². The van der Waals surface area contributed by atoms with Crippen molar-refractivity contribution >= 4 is 28.3 Å². The van der Waals surface area contributed by atoms with Gasteiger partial charge in [0.2, 0.25) is 15.9 Å². The normalized spacial score (nSPS) is 32.7. The van der Waals surface area contributed by atoms with Crippen LogP contribution in [0.1, 0.15) is 31.2 Å². The topological polar surface area (TPSA) is 76.6 Å². The first-order valence-electron chi connectivity index (χ1n) is 8.19. The second kappa shape index (κ2) is 6.61. The second-order valence-corrected chi connectivity index (χ2v) is 8.56. The fourth-order valence-electron chi connectivity index (χ4n) is 4.12. The lowest BCUT2D eigenvalue weighted by Crippen LogP contribution is -2.36. The quantitative estimate of drug-likeness (QED) is 0.733. The zero-order valence-electron chi connectivity index (χ0n) is 13.2. The standard InChI is InChI=1S/C16H20N2O4S.ClH/c19-16-14-12-4-5-13(22-12)15(14)23(20,21)18(16)10-2-1-3-11-6-8-17-9-7-11;/h6-9,12-15H,1-5,10H2;1H/t12?,13?,14-,15+;/m0./s1. The van der Waals surface area contributed by atoms with Crippen LogP contribution >= 0.6 is 12.4 Å². The Morgan fingerprint density at radius 3 is 2.58 bits per heavy atom. The van der Waals surface area contributed by atoms with Crippen molar-refractivity contribution < 1.29 is 17.9 Å². The molecule has 0 N–H and O–H groups in total. The van der Waals surface area contributed by atoms with Crippen LogP contribution in [0.3, 0.4) is 0 Å². The van der Waals surface area contributed by atoms with Crippen LogP contribution in [0.4, 0.5) is 0 Å². The fourth-order valence-corrected chi connectivity index (χ4v) is 6.42. The number of pyridine rings is 1. The number of rotatable bonds is 5. The van der Waals surface area contributed by atoms with Crippen molar-refractivity contribution in [2.75, 3.05) is 6.54 Å². The van der Waals surface area contributed by atoms with Gasteiger partial charge in [0.1, 0.15) is 5.25 Å². The van der Waals surface area contributed by atoms with E-state index in [-0.39, 0.29) is 30.5 Å². The number of halogens is 1. The Morgan fingerprint density at radius 2 is 1.88 bits per heavy atom. The lowest BCUT2D eigenvalue weighted by Gasteiger charge is -2.19. The number of sulfonamides is 1. The Morgan fingerprint density at radius 1 is 1.17 bits per heavy atom. The first-order chi connectivity index (χ1) is 11.1. The van der Waals surface area contributed by atoms with Gasteiger partial charge in [-0.15, -0.1) is 12.4 Å². The van der Waals surface area contributed by atoms with E-state index in [0.29, 0.717) is 13.0 Å². The molecule has 0 saturated carbocycles. The van der Waals surface area contributed by atoms with Crippen LogP contribution in [0.25, 0.3) is 0 Å². The molecule has 4 rings (SSSR count). The van der Waals surface area contributed by atoms with Gasteiger partial charge in [-0.05, 0) is 49.8 Å². The predicted octanol–water partition coefficient (Wildman–Crippen LogP) is 1.54. The molecule has 3 fully saturated rings. The van der Waals surface area contributed by atoms with E-state index in [4.69, 9.17) is 4.74 Å². The number of hydrogen-bond acceptors (Lipinski definition) is 5. The van der Waals surface area contributed by atoms with E-state index < -0.39 is 21.2 Å². The van der Waals surface area contributed by atoms with Gasteiger partial charge in [-0.3, -0.25) is 9.78 Å². The molecule has 132 valence electrons. The highest BCUT2D eigenvalue weighted by atomic mass is 35.5. The molecule has 6 nitrogen and oxygen atoms in total. The molecule has 4 atom stereocenters. The number of aromatic nitrogens is 1. The molecule has 0 aliphatic carbocycles. The van der Waals surface area contributed by atoms with Crippen LogP contribution in [0.2, 0.25) is 0 Å². The van der Waals surface area contributed by atoms with Crippen molar-refractivity contribution in [3.8, 4) is 0 Å². The average Bonchev–Trinajstić information content (AvgIpc) is 3.20. The Kier molecular flexibility index (Phi) is 4.86. The summed E-state index contributed by atoms with van der Waals surface area (Å²) >= 11 is 0. The van der Waals surface area contributed by atoms with Crippen LogP contribution in [-0.2, 0) is 26.0 Å². The summed E-state index contributed by atoms with van der Waals surface area (Å²) in [4.78, 5) is 16.5. The molecule has 1 aromatic rings. The van der Waals surface area contributed by atoms with Crippen molar-refractivity contribution in [2.24, 2.45) is 5.92 Å². The number of carbonyl (C=O) groups excluding carboxylic acids is 1. The molecule has 2 unspecified atom stereocenters. The number of ether oxygens (including phenoxy) is 1. The van der Waals surface area contributed by atoms with Crippen molar-refractivity contribution in [1.29, 1.82) is 0 Å². The van der Waals surface area contributed by atoms with E-state index in [9.17, 15) is 13.2 Å². The third kappa shape index (κ3) is 2.72. The van der Waals surface area contributed by atoms with E-state index in [1.807, 2.05) is 12.1 Å². The minimum absolute atomic E-state index is 0. The first-order valence-corrected chi connectivity index (χ1v) is 9.69. The number of nitrogens with zero attached hydrogens (tertiary/aromatic N) is 2. The molecule has 0 aromatic carbocycles. The zero-order chi connectivity index (χ0) is 16.0. The number of carbonyl (C=O) groups is 1. The third-order valence-electron chi connectivity index (χ3n) is 5.21. The zero-order valence-corrected chi connectivity index (χ0v) is 14.8. The van der Waals surface area contributed by atoms with Crippen LogP contribution in [-0.4, -0.2) is 47.6 Å².